The molecule has 2 aliphatic rings. The highest BCUT2D eigenvalue weighted by atomic mass is 15.1. The summed E-state index contributed by atoms with van der Waals surface area (Å²) in [6.07, 6.45) is 12.9. The van der Waals surface area contributed by atoms with Gasteiger partial charge in [0.15, 0.2) is 0 Å². The molecule has 0 radical (unpaired) electrons. The first-order valence-electron chi connectivity index (χ1n) is 7.30. The van der Waals surface area contributed by atoms with Crippen molar-refractivity contribution in [1.82, 2.24) is 10.2 Å². The molecular weight excluding hydrogens is 196 g/mol. The van der Waals surface area contributed by atoms with Gasteiger partial charge in [0.05, 0.1) is 0 Å². The van der Waals surface area contributed by atoms with E-state index < -0.39 is 0 Å². The Bertz CT molecular complexity index is 181. The van der Waals surface area contributed by atoms with Gasteiger partial charge in [-0.2, -0.15) is 0 Å². The van der Waals surface area contributed by atoms with Crippen LogP contribution in [-0.2, 0) is 0 Å². The Morgan fingerprint density at radius 2 is 1.56 bits per heavy atom. The smallest absolute Gasteiger partial charge is 0.0107 e. The Kier molecular flexibility index (Phi) is 5.11. The zero-order chi connectivity index (χ0) is 11.2. The van der Waals surface area contributed by atoms with Gasteiger partial charge < -0.3 is 10.2 Å². The summed E-state index contributed by atoms with van der Waals surface area (Å²) in [6, 6.07) is 1.71. The molecule has 94 valence electrons. The van der Waals surface area contributed by atoms with Crippen LogP contribution in [0.4, 0.5) is 0 Å². The third kappa shape index (κ3) is 3.74. The fourth-order valence-electron chi connectivity index (χ4n) is 3.28. The Hall–Kier alpha value is -0.0800. The summed E-state index contributed by atoms with van der Waals surface area (Å²) >= 11 is 0. The second-order valence-corrected chi connectivity index (χ2v) is 5.71. The Balaban J connectivity index is 1.56. The van der Waals surface area contributed by atoms with Crippen LogP contribution in [0.3, 0.4) is 0 Å². The fourth-order valence-corrected chi connectivity index (χ4v) is 3.28. The monoisotopic (exact) mass is 224 g/mol. The van der Waals surface area contributed by atoms with Crippen molar-refractivity contribution in [2.75, 3.05) is 20.1 Å². The number of nitrogens with zero attached hydrogens (tertiary/aromatic N) is 1. The van der Waals surface area contributed by atoms with Gasteiger partial charge in [0.1, 0.15) is 0 Å². The van der Waals surface area contributed by atoms with Gasteiger partial charge in [0.2, 0.25) is 0 Å². The Labute approximate surface area is 101 Å². The number of rotatable bonds is 5. The molecule has 2 fully saturated rings. The lowest BCUT2D eigenvalue weighted by atomic mass is 9.95. The molecule has 0 atom stereocenters. The molecule has 0 aromatic carbocycles. The minimum Gasteiger partial charge on any atom is -0.313 e. The number of hydrogen-bond donors (Lipinski definition) is 1. The zero-order valence-electron chi connectivity index (χ0n) is 10.9. The van der Waals surface area contributed by atoms with Crippen LogP contribution < -0.4 is 5.32 Å². The molecule has 0 amide bonds. The van der Waals surface area contributed by atoms with Gasteiger partial charge >= 0.3 is 0 Å². The third-order valence-corrected chi connectivity index (χ3v) is 4.45. The second-order valence-electron chi connectivity index (χ2n) is 5.71. The highest BCUT2D eigenvalue weighted by molar-refractivity contribution is 4.77. The summed E-state index contributed by atoms with van der Waals surface area (Å²) in [4.78, 5) is 2.57. The van der Waals surface area contributed by atoms with E-state index in [-0.39, 0.29) is 0 Å². The average Bonchev–Trinajstić information content (AvgIpc) is 2.84. The lowest BCUT2D eigenvalue weighted by Crippen LogP contribution is -2.39. The Morgan fingerprint density at radius 3 is 2.25 bits per heavy atom. The van der Waals surface area contributed by atoms with Gasteiger partial charge in [-0.25, -0.2) is 0 Å². The first-order chi connectivity index (χ1) is 7.86. The van der Waals surface area contributed by atoms with Gasteiger partial charge in [-0.05, 0) is 32.7 Å². The molecule has 2 heteroatoms. The summed E-state index contributed by atoms with van der Waals surface area (Å²) in [7, 11) is 2.30. The highest BCUT2D eigenvalue weighted by Crippen LogP contribution is 2.22. The lowest BCUT2D eigenvalue weighted by molar-refractivity contribution is 0.237. The molecule has 2 saturated carbocycles. The molecule has 16 heavy (non-hydrogen) atoms. The van der Waals surface area contributed by atoms with Crippen LogP contribution >= 0.6 is 0 Å². The van der Waals surface area contributed by atoms with Gasteiger partial charge in [0, 0.05) is 25.2 Å². The molecule has 2 nitrogen and oxygen atoms in total. The van der Waals surface area contributed by atoms with Crippen LogP contribution in [0, 0.1) is 0 Å². The maximum atomic E-state index is 3.73. The average molecular weight is 224 g/mol. The predicted molar refractivity (Wildman–Crippen MR) is 69.8 cm³/mol. The topological polar surface area (TPSA) is 15.3 Å². The van der Waals surface area contributed by atoms with E-state index in [0.29, 0.717) is 0 Å². The SMILES string of the molecule is CN(CCNC1CCCCC1)C1CCCC1. The van der Waals surface area contributed by atoms with E-state index in [2.05, 4.69) is 17.3 Å². The van der Waals surface area contributed by atoms with Crippen molar-refractivity contribution in [1.29, 1.82) is 0 Å². The van der Waals surface area contributed by atoms with Crippen molar-refractivity contribution in [2.24, 2.45) is 0 Å². The molecule has 1 N–H and O–H groups in total. The maximum Gasteiger partial charge on any atom is 0.0107 e. The molecule has 0 unspecified atom stereocenters. The van der Waals surface area contributed by atoms with Crippen LogP contribution in [0.1, 0.15) is 57.8 Å². The van der Waals surface area contributed by atoms with Gasteiger partial charge in [-0.3, -0.25) is 0 Å². The van der Waals surface area contributed by atoms with Gasteiger partial charge in [0.25, 0.3) is 0 Å². The van der Waals surface area contributed by atoms with Crippen LogP contribution in [0.25, 0.3) is 0 Å². The third-order valence-electron chi connectivity index (χ3n) is 4.45. The first kappa shape index (κ1) is 12.4. The maximum absolute atomic E-state index is 3.73. The van der Waals surface area contributed by atoms with Crippen molar-refractivity contribution >= 4 is 0 Å². The molecule has 0 aromatic rings. The number of likely N-dealkylation sites (N-methyl/N-ethyl adjacent to an activating group) is 1. The minimum absolute atomic E-state index is 0.825. The van der Waals surface area contributed by atoms with E-state index in [4.69, 9.17) is 0 Å². The minimum atomic E-state index is 0.825. The number of nitrogens with one attached hydrogen (secondary N) is 1. The summed E-state index contributed by atoms with van der Waals surface area (Å²) in [5.41, 5.74) is 0. The standard InChI is InChI=1S/C14H28N2/c1-16(14-9-5-6-10-14)12-11-15-13-7-3-2-4-8-13/h13-15H,2-12H2,1H3. The highest BCUT2D eigenvalue weighted by Gasteiger charge is 2.19. The van der Waals surface area contributed by atoms with Crippen LogP contribution in [-0.4, -0.2) is 37.1 Å². The van der Waals surface area contributed by atoms with E-state index in [0.717, 1.165) is 12.1 Å². The van der Waals surface area contributed by atoms with Crippen LogP contribution in [0.15, 0.2) is 0 Å². The molecule has 0 bridgehead atoms. The van der Waals surface area contributed by atoms with E-state index in [9.17, 15) is 0 Å². The normalized spacial score (nSPS) is 24.4. The largest absolute Gasteiger partial charge is 0.313 e. The van der Waals surface area contributed by atoms with E-state index >= 15 is 0 Å². The van der Waals surface area contributed by atoms with Crippen molar-refractivity contribution in [3.8, 4) is 0 Å². The quantitative estimate of drug-likeness (QED) is 0.772. The van der Waals surface area contributed by atoms with E-state index in [1.165, 1.54) is 70.9 Å². The van der Waals surface area contributed by atoms with Crippen LogP contribution in [0.5, 0.6) is 0 Å². The van der Waals surface area contributed by atoms with Crippen molar-refractivity contribution in [3.05, 3.63) is 0 Å². The summed E-state index contributed by atoms with van der Waals surface area (Å²) < 4.78 is 0. The molecule has 0 spiro atoms. The molecule has 0 aromatic heterocycles. The van der Waals surface area contributed by atoms with E-state index in [1.807, 2.05) is 0 Å². The molecule has 2 aliphatic carbocycles. The predicted octanol–water partition coefficient (Wildman–Crippen LogP) is 2.78. The molecule has 0 aliphatic heterocycles. The Morgan fingerprint density at radius 1 is 0.938 bits per heavy atom. The zero-order valence-corrected chi connectivity index (χ0v) is 10.9. The fraction of sp³-hybridized carbons (Fsp3) is 1.00. The summed E-state index contributed by atoms with van der Waals surface area (Å²) in [5, 5.41) is 3.73. The molecule has 0 heterocycles. The van der Waals surface area contributed by atoms with Gasteiger partial charge in [-0.15, -0.1) is 0 Å². The molecular formula is C14H28N2. The summed E-state index contributed by atoms with van der Waals surface area (Å²) in [5.74, 6) is 0. The second kappa shape index (κ2) is 6.61. The van der Waals surface area contributed by atoms with Crippen LogP contribution in [0.2, 0.25) is 0 Å². The summed E-state index contributed by atoms with van der Waals surface area (Å²) in [6.45, 7) is 2.43. The van der Waals surface area contributed by atoms with Crippen molar-refractivity contribution < 1.29 is 0 Å². The molecule has 2 rings (SSSR count). The molecule has 0 saturated heterocycles. The van der Waals surface area contributed by atoms with Gasteiger partial charge in [-0.1, -0.05) is 32.1 Å². The number of hydrogen-bond acceptors (Lipinski definition) is 2. The van der Waals surface area contributed by atoms with Crippen molar-refractivity contribution in [3.63, 3.8) is 0 Å². The van der Waals surface area contributed by atoms with Crippen molar-refractivity contribution in [2.45, 2.75) is 69.9 Å². The lowest BCUT2D eigenvalue weighted by Gasteiger charge is -2.27. The first-order valence-corrected chi connectivity index (χ1v) is 7.30. The van der Waals surface area contributed by atoms with E-state index in [1.54, 1.807) is 0 Å².